The van der Waals surface area contributed by atoms with Crippen LogP contribution < -0.4 is 4.74 Å². The van der Waals surface area contributed by atoms with Gasteiger partial charge in [-0.3, -0.25) is 0 Å². The van der Waals surface area contributed by atoms with Crippen LogP contribution in [0.3, 0.4) is 0 Å². The molecule has 2 aliphatic carbocycles. The second-order valence-corrected chi connectivity index (χ2v) is 7.61. The molecule has 2 saturated carbocycles. The minimum Gasteiger partial charge on any atom is -0.507 e. The molecule has 1 N–H and O–H groups in total. The van der Waals surface area contributed by atoms with Gasteiger partial charge < -0.3 is 9.84 Å². The fourth-order valence-corrected chi connectivity index (χ4v) is 4.20. The Morgan fingerprint density at radius 1 is 1.30 bits per heavy atom. The van der Waals surface area contributed by atoms with Crippen LogP contribution in [0, 0.1) is 16.7 Å². The van der Waals surface area contributed by atoms with Crippen molar-refractivity contribution in [1.82, 2.24) is 0 Å². The van der Waals surface area contributed by atoms with Crippen LogP contribution >= 0.6 is 0 Å². The number of benzene rings is 1. The molecule has 0 aliphatic heterocycles. The number of rotatable bonds is 3. The number of phenols is 1. The maximum atomic E-state index is 10.0. The number of ether oxygens (including phenoxy) is 1. The molecule has 4 heteroatoms. The van der Waals surface area contributed by atoms with Gasteiger partial charge in [0.1, 0.15) is 11.5 Å². The Morgan fingerprint density at radius 2 is 2.04 bits per heavy atom. The first-order valence-corrected chi connectivity index (χ1v) is 8.28. The highest BCUT2D eigenvalue weighted by atomic mass is 16.5. The quantitative estimate of drug-likeness (QED) is 0.663. The van der Waals surface area contributed by atoms with E-state index < -0.39 is 0 Å². The van der Waals surface area contributed by atoms with Gasteiger partial charge >= 0.3 is 0 Å². The largest absolute Gasteiger partial charge is 0.507 e. The van der Waals surface area contributed by atoms with Crippen LogP contribution in [0.15, 0.2) is 28.4 Å². The van der Waals surface area contributed by atoms with E-state index in [4.69, 9.17) is 4.74 Å². The Hall–Kier alpha value is -1.84. The van der Waals surface area contributed by atoms with Gasteiger partial charge in [0.05, 0.1) is 12.8 Å². The highest BCUT2D eigenvalue weighted by molar-refractivity contribution is 6.02. The second-order valence-electron chi connectivity index (χ2n) is 7.61. The summed E-state index contributed by atoms with van der Waals surface area (Å²) in [7, 11) is 1.61. The summed E-state index contributed by atoms with van der Waals surface area (Å²) in [5.41, 5.74) is 3.03. The zero-order valence-corrected chi connectivity index (χ0v) is 14.7. The van der Waals surface area contributed by atoms with Gasteiger partial charge in [0, 0.05) is 16.7 Å². The van der Waals surface area contributed by atoms with Gasteiger partial charge in [-0.25, -0.2) is 0 Å². The van der Waals surface area contributed by atoms with Crippen molar-refractivity contribution in [1.29, 1.82) is 0 Å². The van der Waals surface area contributed by atoms with Crippen molar-refractivity contribution in [2.75, 3.05) is 7.11 Å². The Kier molecular flexibility index (Phi) is 3.74. The Balaban J connectivity index is 1.92. The molecule has 23 heavy (non-hydrogen) atoms. The number of hydrogen-bond acceptors (Lipinski definition) is 4. The minimum atomic E-state index is 0.151. The minimum absolute atomic E-state index is 0.151. The molecule has 0 saturated heterocycles. The lowest BCUT2D eigenvalue weighted by molar-refractivity contribution is 0.194. The van der Waals surface area contributed by atoms with Gasteiger partial charge in [0.25, 0.3) is 0 Å². The van der Waals surface area contributed by atoms with Crippen molar-refractivity contribution >= 4 is 11.4 Å². The van der Waals surface area contributed by atoms with Crippen LogP contribution in [0.5, 0.6) is 11.5 Å². The Bertz CT molecular complexity index is 691. The van der Waals surface area contributed by atoms with Crippen molar-refractivity contribution in [2.24, 2.45) is 27.0 Å². The van der Waals surface area contributed by atoms with Crippen LogP contribution in [0.2, 0.25) is 0 Å². The number of fused-ring (bicyclic) bond motifs is 2. The van der Waals surface area contributed by atoms with Gasteiger partial charge in [0.15, 0.2) is 0 Å². The molecule has 0 spiro atoms. The number of nitrogens with zero attached hydrogens (tertiary/aromatic N) is 2. The predicted octanol–water partition coefficient (Wildman–Crippen LogP) is 4.41. The van der Waals surface area contributed by atoms with Crippen LogP contribution in [0.4, 0.5) is 0 Å². The van der Waals surface area contributed by atoms with Gasteiger partial charge in [0.2, 0.25) is 0 Å². The standard InChI is InChI=1S/C19H26N2O2/c1-12(15-11-14(23-5)6-7-16(15)22)20-21-17-10-13-8-9-19(17,4)18(13,2)3/h6-7,11,13,22H,8-10H2,1-5H3/b20-12+,21-17-. The van der Waals surface area contributed by atoms with E-state index in [2.05, 4.69) is 31.0 Å². The SMILES string of the molecule is COc1ccc(O)c(/C(C)=N/N=C2/CC3CCC2(C)C3(C)C)c1. The molecule has 0 radical (unpaired) electrons. The average Bonchev–Trinajstić information content (AvgIpc) is 2.86. The fraction of sp³-hybridized carbons (Fsp3) is 0.579. The average molecular weight is 314 g/mol. The molecule has 2 fully saturated rings. The first-order chi connectivity index (χ1) is 10.8. The molecule has 2 atom stereocenters. The first-order valence-electron chi connectivity index (χ1n) is 8.28. The molecule has 1 aromatic rings. The summed E-state index contributed by atoms with van der Waals surface area (Å²) in [5, 5.41) is 19.1. The highest BCUT2D eigenvalue weighted by Crippen LogP contribution is 2.64. The lowest BCUT2D eigenvalue weighted by Gasteiger charge is -2.34. The van der Waals surface area contributed by atoms with Crippen LogP contribution in [0.25, 0.3) is 0 Å². The lowest BCUT2D eigenvalue weighted by Crippen LogP contribution is -2.32. The monoisotopic (exact) mass is 314 g/mol. The molecular formula is C19H26N2O2. The molecule has 0 heterocycles. The van der Waals surface area contributed by atoms with Gasteiger partial charge in [-0.15, -0.1) is 0 Å². The third-order valence-corrected chi connectivity index (χ3v) is 6.43. The number of phenolic OH excluding ortho intramolecular Hbond substituents is 1. The predicted molar refractivity (Wildman–Crippen MR) is 93.5 cm³/mol. The van der Waals surface area contributed by atoms with E-state index in [1.807, 2.05) is 6.92 Å². The second kappa shape index (κ2) is 5.36. The fourth-order valence-electron chi connectivity index (χ4n) is 4.20. The molecular weight excluding hydrogens is 288 g/mol. The van der Waals surface area contributed by atoms with Crippen LogP contribution in [-0.4, -0.2) is 23.6 Å². The summed E-state index contributed by atoms with van der Waals surface area (Å²) in [6.45, 7) is 8.92. The van der Waals surface area contributed by atoms with Crippen molar-refractivity contribution in [3.8, 4) is 11.5 Å². The number of aromatic hydroxyl groups is 1. The molecule has 2 bridgehead atoms. The normalized spacial score (nSPS) is 30.9. The van der Waals surface area contributed by atoms with Gasteiger partial charge in [-0.1, -0.05) is 20.8 Å². The molecule has 124 valence electrons. The van der Waals surface area contributed by atoms with E-state index in [1.54, 1.807) is 25.3 Å². The molecule has 2 aliphatic rings. The number of methoxy groups -OCH3 is 1. The van der Waals surface area contributed by atoms with Crippen LogP contribution in [-0.2, 0) is 0 Å². The smallest absolute Gasteiger partial charge is 0.124 e. The molecule has 4 nitrogen and oxygen atoms in total. The summed E-state index contributed by atoms with van der Waals surface area (Å²) in [5.74, 6) is 1.62. The summed E-state index contributed by atoms with van der Waals surface area (Å²) in [6.07, 6.45) is 3.54. The van der Waals surface area contributed by atoms with E-state index in [1.165, 1.54) is 18.6 Å². The van der Waals surface area contributed by atoms with E-state index in [0.717, 1.165) is 6.42 Å². The van der Waals surface area contributed by atoms with Crippen molar-refractivity contribution in [3.63, 3.8) is 0 Å². The zero-order chi connectivity index (χ0) is 16.8. The summed E-state index contributed by atoms with van der Waals surface area (Å²) >= 11 is 0. The summed E-state index contributed by atoms with van der Waals surface area (Å²) in [4.78, 5) is 0. The summed E-state index contributed by atoms with van der Waals surface area (Å²) < 4.78 is 5.22. The Morgan fingerprint density at radius 3 is 2.61 bits per heavy atom. The molecule has 3 rings (SSSR count). The van der Waals surface area contributed by atoms with E-state index in [0.29, 0.717) is 28.4 Å². The van der Waals surface area contributed by atoms with Crippen molar-refractivity contribution in [2.45, 2.75) is 47.0 Å². The Labute approximate surface area is 138 Å². The van der Waals surface area contributed by atoms with Crippen molar-refractivity contribution in [3.05, 3.63) is 23.8 Å². The third kappa shape index (κ3) is 2.35. The maximum absolute atomic E-state index is 10.0. The lowest BCUT2D eigenvalue weighted by atomic mass is 9.70. The summed E-state index contributed by atoms with van der Waals surface area (Å²) in [6, 6.07) is 5.15. The van der Waals surface area contributed by atoms with E-state index in [9.17, 15) is 5.11 Å². The molecule has 1 aromatic carbocycles. The topological polar surface area (TPSA) is 54.2 Å². The zero-order valence-electron chi connectivity index (χ0n) is 14.7. The van der Waals surface area contributed by atoms with Gasteiger partial charge in [-0.05, 0) is 55.7 Å². The third-order valence-electron chi connectivity index (χ3n) is 6.43. The maximum Gasteiger partial charge on any atom is 0.124 e. The molecule has 0 aromatic heterocycles. The van der Waals surface area contributed by atoms with Crippen LogP contribution in [0.1, 0.15) is 52.5 Å². The molecule has 0 amide bonds. The first kappa shape index (κ1) is 16.0. The number of hydrogen-bond donors (Lipinski definition) is 1. The highest BCUT2D eigenvalue weighted by Gasteiger charge is 2.59. The van der Waals surface area contributed by atoms with Crippen molar-refractivity contribution < 1.29 is 9.84 Å². The van der Waals surface area contributed by atoms with E-state index >= 15 is 0 Å². The molecule has 2 unspecified atom stereocenters. The van der Waals surface area contributed by atoms with Gasteiger partial charge in [-0.2, -0.15) is 10.2 Å². The van der Waals surface area contributed by atoms with E-state index in [-0.39, 0.29) is 11.2 Å².